The van der Waals surface area contributed by atoms with Crippen LogP contribution in [0.5, 0.6) is 0 Å². The molecule has 0 bridgehead atoms. The number of hydrogen-bond donors (Lipinski definition) is 1. The van der Waals surface area contributed by atoms with Gasteiger partial charge in [-0.25, -0.2) is 4.39 Å². The Balaban J connectivity index is 2.16. The first-order valence-corrected chi connectivity index (χ1v) is 7.20. The molecule has 3 rings (SSSR count). The maximum atomic E-state index is 13.4. The fraction of sp³-hybridized carbons (Fsp3) is 0. The molecule has 106 valence electrons. The van der Waals surface area contributed by atoms with Crippen LogP contribution in [0.4, 0.5) is 10.3 Å². The molecule has 2 N–H and O–H groups in total. The Labute approximate surface area is 133 Å². The molecule has 0 radical (unpaired) electrons. The van der Waals surface area contributed by atoms with Crippen molar-refractivity contribution in [2.45, 2.75) is 0 Å². The molecule has 1 heterocycles. The van der Waals surface area contributed by atoms with Crippen LogP contribution in [0.2, 0.25) is 5.02 Å². The zero-order valence-corrected chi connectivity index (χ0v) is 13.0. The van der Waals surface area contributed by atoms with E-state index in [-0.39, 0.29) is 11.7 Å². The van der Waals surface area contributed by atoms with Crippen LogP contribution < -0.4 is 5.73 Å². The highest BCUT2D eigenvalue weighted by atomic mass is 79.9. The number of aromatic nitrogens is 1. The van der Waals surface area contributed by atoms with E-state index < -0.39 is 0 Å². The predicted molar refractivity (Wildman–Crippen MR) is 84.5 cm³/mol. The molecule has 2 aromatic carbocycles. The third-order valence-electron chi connectivity index (χ3n) is 3.04. The van der Waals surface area contributed by atoms with Crippen LogP contribution in [0.25, 0.3) is 22.4 Å². The SMILES string of the molecule is Nc1onc(-c2ccc(F)c(Br)c2)c1-c1ccc(Cl)cc1. The Morgan fingerprint density at radius 1 is 1.10 bits per heavy atom. The minimum atomic E-state index is -0.344. The molecule has 0 aliphatic carbocycles. The molecule has 0 aliphatic rings. The number of benzene rings is 2. The summed E-state index contributed by atoms with van der Waals surface area (Å²) in [6.45, 7) is 0. The molecule has 0 unspecified atom stereocenters. The van der Waals surface area contributed by atoms with E-state index in [4.69, 9.17) is 21.9 Å². The van der Waals surface area contributed by atoms with Gasteiger partial charge in [0.25, 0.3) is 0 Å². The molecule has 1 aromatic heterocycles. The third-order valence-corrected chi connectivity index (χ3v) is 3.90. The van der Waals surface area contributed by atoms with E-state index in [0.29, 0.717) is 26.3 Å². The summed E-state index contributed by atoms with van der Waals surface area (Å²) in [6, 6.07) is 11.8. The minimum Gasteiger partial charge on any atom is -0.367 e. The van der Waals surface area contributed by atoms with E-state index >= 15 is 0 Å². The molecule has 0 saturated heterocycles. The first kappa shape index (κ1) is 14.1. The maximum Gasteiger partial charge on any atom is 0.230 e. The number of nitrogens with two attached hydrogens (primary N) is 1. The van der Waals surface area contributed by atoms with Crippen molar-refractivity contribution in [1.82, 2.24) is 5.16 Å². The fourth-order valence-corrected chi connectivity index (χ4v) is 2.54. The summed E-state index contributed by atoms with van der Waals surface area (Å²) in [5.41, 5.74) is 8.61. The monoisotopic (exact) mass is 366 g/mol. The van der Waals surface area contributed by atoms with Crippen LogP contribution in [-0.2, 0) is 0 Å². The smallest absolute Gasteiger partial charge is 0.230 e. The van der Waals surface area contributed by atoms with E-state index in [9.17, 15) is 4.39 Å². The Morgan fingerprint density at radius 2 is 1.76 bits per heavy atom. The topological polar surface area (TPSA) is 52.0 Å². The van der Waals surface area contributed by atoms with Gasteiger partial charge in [-0.05, 0) is 51.8 Å². The van der Waals surface area contributed by atoms with Crippen LogP contribution in [0.3, 0.4) is 0 Å². The summed E-state index contributed by atoms with van der Waals surface area (Å²) >= 11 is 9.05. The van der Waals surface area contributed by atoms with E-state index in [1.54, 1.807) is 24.3 Å². The lowest BCUT2D eigenvalue weighted by Gasteiger charge is -2.04. The summed E-state index contributed by atoms with van der Waals surface area (Å²) in [6.07, 6.45) is 0. The molecule has 0 fully saturated rings. The molecule has 6 heteroatoms. The van der Waals surface area contributed by atoms with Gasteiger partial charge in [-0.2, -0.15) is 0 Å². The van der Waals surface area contributed by atoms with Gasteiger partial charge in [0.05, 0.1) is 10.0 Å². The van der Waals surface area contributed by atoms with Crippen molar-refractivity contribution in [1.29, 1.82) is 0 Å². The lowest BCUT2D eigenvalue weighted by Crippen LogP contribution is -1.88. The van der Waals surface area contributed by atoms with E-state index in [1.165, 1.54) is 6.07 Å². The number of halogens is 3. The maximum absolute atomic E-state index is 13.4. The normalized spacial score (nSPS) is 10.8. The summed E-state index contributed by atoms with van der Waals surface area (Å²) in [5, 5.41) is 4.60. The second kappa shape index (κ2) is 5.50. The molecule has 0 amide bonds. The number of nitrogen functional groups attached to an aromatic ring is 1. The minimum absolute atomic E-state index is 0.202. The summed E-state index contributed by atoms with van der Waals surface area (Å²) in [7, 11) is 0. The number of hydrogen-bond acceptors (Lipinski definition) is 3. The van der Waals surface area contributed by atoms with Crippen molar-refractivity contribution >= 4 is 33.4 Å². The molecule has 0 aliphatic heterocycles. The quantitative estimate of drug-likeness (QED) is 0.682. The Bertz CT molecular complexity index is 802. The summed E-state index contributed by atoms with van der Waals surface area (Å²) in [5.74, 6) is -0.143. The van der Waals surface area contributed by atoms with Gasteiger partial charge in [0, 0.05) is 10.6 Å². The predicted octanol–water partition coefficient (Wildman–Crippen LogP) is 5.15. The van der Waals surface area contributed by atoms with Crippen LogP contribution in [0.1, 0.15) is 0 Å². The largest absolute Gasteiger partial charge is 0.367 e. The van der Waals surface area contributed by atoms with Crippen molar-refractivity contribution < 1.29 is 8.91 Å². The van der Waals surface area contributed by atoms with Crippen molar-refractivity contribution in [2.24, 2.45) is 0 Å². The second-order valence-electron chi connectivity index (χ2n) is 4.41. The molecule has 3 aromatic rings. The number of nitrogens with zero attached hydrogens (tertiary/aromatic N) is 1. The Kier molecular flexibility index (Phi) is 3.69. The van der Waals surface area contributed by atoms with Gasteiger partial charge < -0.3 is 10.3 Å². The van der Waals surface area contributed by atoms with Gasteiger partial charge in [-0.15, -0.1) is 0 Å². The van der Waals surface area contributed by atoms with Gasteiger partial charge >= 0.3 is 0 Å². The van der Waals surface area contributed by atoms with Gasteiger partial charge in [-0.1, -0.05) is 28.9 Å². The van der Waals surface area contributed by atoms with Gasteiger partial charge in [0.1, 0.15) is 11.5 Å². The van der Waals surface area contributed by atoms with Gasteiger partial charge in [0.15, 0.2) is 0 Å². The third kappa shape index (κ3) is 2.66. The molecule has 21 heavy (non-hydrogen) atoms. The molecular formula is C15H9BrClFN2O. The van der Waals surface area contributed by atoms with Crippen LogP contribution >= 0.6 is 27.5 Å². The first-order valence-electron chi connectivity index (χ1n) is 6.03. The summed E-state index contributed by atoms with van der Waals surface area (Å²) in [4.78, 5) is 0. The van der Waals surface area contributed by atoms with Crippen molar-refractivity contribution in [3.8, 4) is 22.4 Å². The Hall–Kier alpha value is -1.85. The fourth-order valence-electron chi connectivity index (χ4n) is 2.04. The highest BCUT2D eigenvalue weighted by Crippen LogP contribution is 2.37. The number of anilines is 1. The van der Waals surface area contributed by atoms with Gasteiger partial charge in [0.2, 0.25) is 5.88 Å². The lowest BCUT2D eigenvalue weighted by atomic mass is 10.0. The Morgan fingerprint density at radius 3 is 2.43 bits per heavy atom. The van der Waals surface area contributed by atoms with Crippen molar-refractivity contribution in [3.63, 3.8) is 0 Å². The average Bonchev–Trinajstić information content (AvgIpc) is 2.85. The zero-order chi connectivity index (χ0) is 15.0. The first-order chi connectivity index (χ1) is 10.1. The van der Waals surface area contributed by atoms with E-state index in [2.05, 4.69) is 21.1 Å². The molecule has 3 nitrogen and oxygen atoms in total. The van der Waals surface area contributed by atoms with Crippen molar-refractivity contribution in [2.75, 3.05) is 5.73 Å². The zero-order valence-electron chi connectivity index (χ0n) is 10.6. The number of rotatable bonds is 2. The van der Waals surface area contributed by atoms with Crippen LogP contribution in [0.15, 0.2) is 51.5 Å². The second-order valence-corrected chi connectivity index (χ2v) is 5.70. The highest BCUT2D eigenvalue weighted by Gasteiger charge is 2.18. The van der Waals surface area contributed by atoms with E-state index in [0.717, 1.165) is 5.56 Å². The van der Waals surface area contributed by atoms with E-state index in [1.807, 2.05) is 12.1 Å². The standard InChI is InChI=1S/C15H9BrClFN2O/c16-11-7-9(3-6-12(11)18)14-13(15(19)21-20-14)8-1-4-10(17)5-2-8/h1-7H,19H2. The molecule has 0 saturated carbocycles. The molecular weight excluding hydrogens is 359 g/mol. The van der Waals surface area contributed by atoms with Crippen LogP contribution in [-0.4, -0.2) is 5.16 Å². The van der Waals surface area contributed by atoms with Crippen LogP contribution in [0, 0.1) is 5.82 Å². The lowest BCUT2D eigenvalue weighted by molar-refractivity contribution is 0.439. The molecule has 0 spiro atoms. The highest BCUT2D eigenvalue weighted by molar-refractivity contribution is 9.10. The van der Waals surface area contributed by atoms with Crippen molar-refractivity contribution in [3.05, 3.63) is 57.8 Å². The summed E-state index contributed by atoms with van der Waals surface area (Å²) < 4.78 is 18.8. The average molecular weight is 368 g/mol. The molecule has 0 atom stereocenters. The van der Waals surface area contributed by atoms with Gasteiger partial charge in [-0.3, -0.25) is 0 Å².